The maximum absolute atomic E-state index is 12.1. The third-order valence-corrected chi connectivity index (χ3v) is 3.23. The van der Waals surface area contributed by atoms with Crippen molar-refractivity contribution < 1.29 is 4.79 Å². The van der Waals surface area contributed by atoms with Crippen LogP contribution in [0.5, 0.6) is 0 Å². The minimum atomic E-state index is 0.284. The Morgan fingerprint density at radius 2 is 2.19 bits per heavy atom. The first-order valence-corrected chi connectivity index (χ1v) is 6.68. The molecule has 16 heavy (non-hydrogen) atoms. The van der Waals surface area contributed by atoms with Crippen LogP contribution in [-0.2, 0) is 4.79 Å². The van der Waals surface area contributed by atoms with Crippen molar-refractivity contribution in [3.8, 4) is 0 Å². The average Bonchev–Trinajstić information content (AvgIpc) is 2.27. The minimum Gasteiger partial charge on any atom is -0.339 e. The molecule has 1 N–H and O–H groups in total. The van der Waals surface area contributed by atoms with Gasteiger partial charge in [0.2, 0.25) is 5.91 Å². The smallest absolute Gasteiger partial charge is 0.236 e. The van der Waals surface area contributed by atoms with Gasteiger partial charge in [0.1, 0.15) is 0 Å². The molecule has 1 aliphatic heterocycles. The van der Waals surface area contributed by atoms with Gasteiger partial charge in [-0.25, -0.2) is 0 Å². The second kappa shape index (κ2) is 6.89. The van der Waals surface area contributed by atoms with Crippen molar-refractivity contribution in [1.82, 2.24) is 10.2 Å². The lowest BCUT2D eigenvalue weighted by atomic mass is 9.98. The van der Waals surface area contributed by atoms with Crippen molar-refractivity contribution in [2.45, 2.75) is 65.0 Å². The second-order valence-corrected chi connectivity index (χ2v) is 5.06. The maximum atomic E-state index is 12.1. The first kappa shape index (κ1) is 13.5. The molecule has 0 bridgehead atoms. The molecule has 1 unspecified atom stereocenters. The second-order valence-electron chi connectivity index (χ2n) is 5.06. The highest BCUT2D eigenvalue weighted by Crippen LogP contribution is 2.20. The van der Waals surface area contributed by atoms with Crippen LogP contribution in [0.1, 0.15) is 52.9 Å². The summed E-state index contributed by atoms with van der Waals surface area (Å²) in [4.78, 5) is 14.2. The van der Waals surface area contributed by atoms with Crippen molar-refractivity contribution in [3.05, 3.63) is 0 Å². The van der Waals surface area contributed by atoms with Crippen LogP contribution in [0.15, 0.2) is 0 Å². The van der Waals surface area contributed by atoms with Gasteiger partial charge in [0.25, 0.3) is 0 Å². The molecule has 1 rings (SSSR count). The molecule has 1 amide bonds. The number of piperidine rings is 1. The molecule has 3 nitrogen and oxygen atoms in total. The van der Waals surface area contributed by atoms with Crippen LogP contribution in [0.3, 0.4) is 0 Å². The van der Waals surface area contributed by atoms with Crippen LogP contribution in [0.2, 0.25) is 0 Å². The molecule has 0 aliphatic carbocycles. The molecule has 1 saturated heterocycles. The van der Waals surface area contributed by atoms with Crippen molar-refractivity contribution in [1.29, 1.82) is 0 Å². The Labute approximate surface area is 99.6 Å². The third kappa shape index (κ3) is 4.12. The van der Waals surface area contributed by atoms with Crippen molar-refractivity contribution in [2.24, 2.45) is 0 Å². The van der Waals surface area contributed by atoms with Crippen molar-refractivity contribution in [3.63, 3.8) is 0 Å². The molecule has 1 fully saturated rings. The quantitative estimate of drug-likeness (QED) is 0.779. The zero-order chi connectivity index (χ0) is 12.0. The summed E-state index contributed by atoms with van der Waals surface area (Å²) in [6.07, 6.45) is 5.99. The Bertz CT molecular complexity index is 214. The molecule has 0 aromatic rings. The topological polar surface area (TPSA) is 32.3 Å². The number of rotatable bonds is 5. The molecular weight excluding hydrogens is 200 g/mol. The van der Waals surface area contributed by atoms with Gasteiger partial charge in [-0.3, -0.25) is 4.79 Å². The monoisotopic (exact) mass is 226 g/mol. The summed E-state index contributed by atoms with van der Waals surface area (Å²) < 4.78 is 0. The fourth-order valence-corrected chi connectivity index (χ4v) is 2.36. The van der Waals surface area contributed by atoms with E-state index in [1.165, 1.54) is 25.7 Å². The summed E-state index contributed by atoms with van der Waals surface area (Å²) in [5.41, 5.74) is 0. The highest BCUT2D eigenvalue weighted by Gasteiger charge is 2.25. The summed E-state index contributed by atoms with van der Waals surface area (Å²) >= 11 is 0. The summed E-state index contributed by atoms with van der Waals surface area (Å²) in [5.74, 6) is 0.284. The van der Waals surface area contributed by atoms with Crippen molar-refractivity contribution in [2.75, 3.05) is 13.1 Å². The van der Waals surface area contributed by atoms with Gasteiger partial charge in [0, 0.05) is 18.6 Å². The van der Waals surface area contributed by atoms with Gasteiger partial charge >= 0.3 is 0 Å². The van der Waals surface area contributed by atoms with Gasteiger partial charge in [0.05, 0.1) is 6.54 Å². The molecule has 0 spiro atoms. The Balaban J connectivity index is 2.43. The highest BCUT2D eigenvalue weighted by atomic mass is 16.2. The molecule has 3 heteroatoms. The number of hydrogen-bond donors (Lipinski definition) is 1. The predicted octanol–water partition coefficient (Wildman–Crippen LogP) is 2.17. The van der Waals surface area contributed by atoms with Crippen LogP contribution in [0.4, 0.5) is 0 Å². The first-order valence-electron chi connectivity index (χ1n) is 6.68. The number of amides is 1. The standard InChI is InChI=1S/C13H26N2O/c1-4-7-12-8-5-6-9-15(12)13(16)10-14-11(2)3/h11-12,14H,4-10H2,1-3H3. The van der Waals surface area contributed by atoms with E-state index < -0.39 is 0 Å². The van der Waals surface area contributed by atoms with Gasteiger partial charge in [0.15, 0.2) is 0 Å². The molecule has 0 radical (unpaired) electrons. The van der Waals surface area contributed by atoms with E-state index in [1.807, 2.05) is 0 Å². The van der Waals surface area contributed by atoms with Gasteiger partial charge in [-0.05, 0) is 25.7 Å². The van der Waals surface area contributed by atoms with E-state index in [9.17, 15) is 4.79 Å². The SMILES string of the molecule is CCCC1CCCCN1C(=O)CNC(C)C. The number of nitrogens with zero attached hydrogens (tertiary/aromatic N) is 1. The highest BCUT2D eigenvalue weighted by molar-refractivity contribution is 5.78. The van der Waals surface area contributed by atoms with E-state index >= 15 is 0 Å². The van der Waals surface area contributed by atoms with E-state index in [1.54, 1.807) is 0 Å². The number of carbonyl (C=O) groups is 1. The zero-order valence-corrected chi connectivity index (χ0v) is 11.0. The van der Waals surface area contributed by atoms with Crippen molar-refractivity contribution >= 4 is 5.91 Å². The van der Waals surface area contributed by atoms with Crippen LogP contribution in [-0.4, -0.2) is 36.0 Å². The third-order valence-electron chi connectivity index (χ3n) is 3.23. The fraction of sp³-hybridized carbons (Fsp3) is 0.923. The number of carbonyl (C=O) groups excluding carboxylic acids is 1. The van der Waals surface area contributed by atoms with Gasteiger partial charge in [-0.2, -0.15) is 0 Å². The number of likely N-dealkylation sites (tertiary alicyclic amines) is 1. The van der Waals surface area contributed by atoms with Gasteiger partial charge in [-0.15, -0.1) is 0 Å². The Morgan fingerprint density at radius 1 is 1.44 bits per heavy atom. The van der Waals surface area contributed by atoms with Crippen LogP contribution in [0.25, 0.3) is 0 Å². The first-order chi connectivity index (χ1) is 7.65. The largest absolute Gasteiger partial charge is 0.339 e. The molecular formula is C13H26N2O. The lowest BCUT2D eigenvalue weighted by Crippen LogP contribution is -2.48. The summed E-state index contributed by atoms with van der Waals surface area (Å²) in [6, 6.07) is 0.888. The molecule has 94 valence electrons. The average molecular weight is 226 g/mol. The van der Waals surface area contributed by atoms with Crippen LogP contribution >= 0.6 is 0 Å². The summed E-state index contributed by atoms with van der Waals surface area (Å²) in [6.45, 7) is 7.81. The zero-order valence-electron chi connectivity index (χ0n) is 11.0. The molecule has 1 atom stereocenters. The Hall–Kier alpha value is -0.570. The van der Waals surface area contributed by atoms with E-state index in [2.05, 4.69) is 31.0 Å². The number of nitrogens with one attached hydrogen (secondary N) is 1. The van der Waals surface area contributed by atoms with Crippen LogP contribution < -0.4 is 5.32 Å². The van der Waals surface area contributed by atoms with E-state index in [0.717, 1.165) is 13.0 Å². The van der Waals surface area contributed by atoms with E-state index in [-0.39, 0.29) is 5.91 Å². The fourth-order valence-electron chi connectivity index (χ4n) is 2.36. The lowest BCUT2D eigenvalue weighted by molar-refractivity contribution is -0.134. The van der Waals surface area contributed by atoms with E-state index in [4.69, 9.17) is 0 Å². The Morgan fingerprint density at radius 3 is 2.81 bits per heavy atom. The number of hydrogen-bond acceptors (Lipinski definition) is 2. The normalized spacial score (nSPS) is 21.5. The maximum Gasteiger partial charge on any atom is 0.236 e. The van der Waals surface area contributed by atoms with Gasteiger partial charge in [-0.1, -0.05) is 27.2 Å². The Kier molecular flexibility index (Phi) is 5.81. The predicted molar refractivity (Wildman–Crippen MR) is 67.4 cm³/mol. The molecule has 0 aromatic heterocycles. The minimum absolute atomic E-state index is 0.284. The molecule has 1 aliphatic rings. The molecule has 1 heterocycles. The molecule has 0 saturated carbocycles. The van der Waals surface area contributed by atoms with E-state index in [0.29, 0.717) is 18.6 Å². The van der Waals surface area contributed by atoms with Crippen LogP contribution in [0, 0.1) is 0 Å². The summed E-state index contributed by atoms with van der Waals surface area (Å²) in [7, 11) is 0. The summed E-state index contributed by atoms with van der Waals surface area (Å²) in [5, 5.41) is 3.21. The van der Waals surface area contributed by atoms with Gasteiger partial charge < -0.3 is 10.2 Å². The lowest BCUT2D eigenvalue weighted by Gasteiger charge is -2.36. The molecule has 0 aromatic carbocycles.